The van der Waals surface area contributed by atoms with Crippen molar-refractivity contribution < 1.29 is 12.9 Å². The summed E-state index contributed by atoms with van der Waals surface area (Å²) in [7, 11) is -3.54. The van der Waals surface area contributed by atoms with Gasteiger partial charge in [-0.25, -0.2) is 13.6 Å². The van der Waals surface area contributed by atoms with Gasteiger partial charge in [0.1, 0.15) is 6.26 Å². The van der Waals surface area contributed by atoms with E-state index in [1.165, 1.54) is 18.4 Å². The summed E-state index contributed by atoms with van der Waals surface area (Å²) in [6, 6.07) is 7.86. The molecule has 16 heavy (non-hydrogen) atoms. The molecule has 0 saturated heterocycles. The van der Waals surface area contributed by atoms with Crippen LogP contribution >= 0.6 is 15.9 Å². The lowest BCUT2D eigenvalue weighted by Gasteiger charge is -1.95. The minimum Gasteiger partial charge on any atom is -0.365 e. The van der Waals surface area contributed by atoms with Gasteiger partial charge in [-0.05, 0) is 30.3 Å². The number of nitrogens with two attached hydrogens (primary N) is 1. The zero-order valence-electron chi connectivity index (χ0n) is 8.08. The van der Waals surface area contributed by atoms with Crippen molar-refractivity contribution in [1.82, 2.24) is 5.16 Å². The summed E-state index contributed by atoms with van der Waals surface area (Å²) in [5, 5.41) is 8.21. The molecule has 0 aliphatic heterocycles. The van der Waals surface area contributed by atoms with Crippen LogP contribution < -0.4 is 5.14 Å². The molecule has 0 aliphatic rings. The number of primary sulfonamides is 1. The zero-order chi connectivity index (χ0) is 12.0. The Morgan fingerprint density at radius 3 is 2.19 bits per heavy atom. The number of halogens is 1. The number of benzene rings is 1. The molecule has 0 fully saturated rings. The molecule has 0 atom stereocenters. The molecule has 1 aromatic heterocycles. The summed E-state index contributed by atoms with van der Waals surface area (Å²) < 4.78 is 26.6. The van der Waals surface area contributed by atoms with Crippen LogP contribution in [-0.4, -0.2) is 13.6 Å². The average molecular weight is 305 g/mol. The summed E-state index contributed by atoms with van der Waals surface area (Å²) >= 11 is 3.18. The van der Waals surface area contributed by atoms with Gasteiger partial charge in [-0.2, -0.15) is 0 Å². The Labute approximate surface area is 101 Å². The van der Waals surface area contributed by atoms with E-state index in [4.69, 9.17) is 5.14 Å². The molecule has 7 heteroatoms. The van der Waals surface area contributed by atoms with E-state index in [0.717, 1.165) is 4.47 Å². The zero-order valence-corrected chi connectivity index (χ0v) is 10.5. The van der Waals surface area contributed by atoms with Crippen LogP contribution in [-0.2, 0) is 10.0 Å². The van der Waals surface area contributed by atoms with Gasteiger partial charge in [0, 0.05) is 4.47 Å². The Morgan fingerprint density at radius 2 is 1.88 bits per heavy atom. The minimum absolute atomic E-state index is 0.126. The molecule has 0 amide bonds. The number of hydrogen-bond acceptors (Lipinski definition) is 4. The fraction of sp³-hybridized carbons (Fsp3) is 0. The molecule has 86 valence electrons. The van der Waals surface area contributed by atoms with Crippen LogP contribution in [0.15, 0.2) is 56.7 Å². The van der Waals surface area contributed by atoms with Crippen molar-refractivity contribution >= 4 is 26.0 Å². The Bertz CT molecular complexity index is 491. The molecule has 1 aromatic carbocycles. The van der Waals surface area contributed by atoms with Gasteiger partial charge in [-0.3, -0.25) is 0 Å². The highest BCUT2D eigenvalue weighted by Crippen LogP contribution is 2.12. The number of sulfonamides is 1. The van der Waals surface area contributed by atoms with E-state index < -0.39 is 10.0 Å². The maximum Gasteiger partial charge on any atom is 0.238 e. The van der Waals surface area contributed by atoms with E-state index in [-0.39, 0.29) is 4.90 Å². The van der Waals surface area contributed by atoms with Gasteiger partial charge < -0.3 is 4.52 Å². The van der Waals surface area contributed by atoms with Crippen molar-refractivity contribution in [2.45, 2.75) is 4.90 Å². The van der Waals surface area contributed by atoms with Crippen LogP contribution in [0.1, 0.15) is 0 Å². The largest absolute Gasteiger partial charge is 0.365 e. The molecule has 2 aromatic rings. The van der Waals surface area contributed by atoms with Gasteiger partial charge in [0.15, 0.2) is 0 Å². The highest BCUT2D eigenvalue weighted by Gasteiger charge is 2.05. The van der Waals surface area contributed by atoms with Crippen molar-refractivity contribution in [2.75, 3.05) is 0 Å². The van der Waals surface area contributed by atoms with Crippen molar-refractivity contribution in [2.24, 2.45) is 5.14 Å². The molecule has 0 bridgehead atoms. The molecule has 2 rings (SSSR count). The van der Waals surface area contributed by atoms with Gasteiger partial charge in [-0.15, -0.1) is 0 Å². The Balaban J connectivity index is 0.000000212. The fourth-order valence-corrected chi connectivity index (χ4v) is 1.58. The maximum atomic E-state index is 10.7. The molecule has 5 nitrogen and oxygen atoms in total. The van der Waals surface area contributed by atoms with Crippen LogP contribution in [0, 0.1) is 0 Å². The highest BCUT2D eigenvalue weighted by molar-refractivity contribution is 9.10. The van der Waals surface area contributed by atoms with E-state index in [2.05, 4.69) is 25.6 Å². The molecule has 0 spiro atoms. The quantitative estimate of drug-likeness (QED) is 0.870. The molecule has 0 saturated carbocycles. The molecule has 0 unspecified atom stereocenters. The number of nitrogens with zero attached hydrogens (tertiary/aromatic N) is 1. The summed E-state index contributed by atoms with van der Waals surface area (Å²) in [6.45, 7) is 0. The molecular weight excluding hydrogens is 296 g/mol. The molecule has 2 N–H and O–H groups in total. The van der Waals surface area contributed by atoms with Crippen LogP contribution in [0.25, 0.3) is 0 Å². The number of rotatable bonds is 1. The summed E-state index contributed by atoms with van der Waals surface area (Å²) in [4.78, 5) is 0.126. The normalized spacial score (nSPS) is 10.4. The van der Waals surface area contributed by atoms with Gasteiger partial charge in [-0.1, -0.05) is 21.1 Å². The van der Waals surface area contributed by atoms with E-state index in [1.54, 1.807) is 24.4 Å². The van der Waals surface area contributed by atoms with Gasteiger partial charge >= 0.3 is 0 Å². The highest BCUT2D eigenvalue weighted by atomic mass is 79.9. The van der Waals surface area contributed by atoms with Crippen LogP contribution in [0.2, 0.25) is 0 Å². The third kappa shape index (κ3) is 4.56. The van der Waals surface area contributed by atoms with Gasteiger partial charge in [0.2, 0.25) is 10.0 Å². The summed E-state index contributed by atoms with van der Waals surface area (Å²) in [5.41, 5.74) is 0. The van der Waals surface area contributed by atoms with Crippen LogP contribution in [0.5, 0.6) is 0 Å². The third-order valence-corrected chi connectivity index (χ3v) is 2.95. The van der Waals surface area contributed by atoms with Crippen LogP contribution in [0.4, 0.5) is 0 Å². The smallest absolute Gasteiger partial charge is 0.238 e. The first kappa shape index (κ1) is 12.9. The van der Waals surface area contributed by atoms with E-state index in [9.17, 15) is 8.42 Å². The first-order valence-corrected chi connectivity index (χ1v) is 6.47. The van der Waals surface area contributed by atoms with Crippen molar-refractivity contribution in [3.05, 3.63) is 47.3 Å². The lowest BCUT2D eigenvalue weighted by Crippen LogP contribution is -2.11. The Hall–Kier alpha value is -1.18. The van der Waals surface area contributed by atoms with E-state index in [0.29, 0.717) is 0 Å². The second-order valence-electron chi connectivity index (χ2n) is 2.69. The molecular formula is C9H9BrN2O3S. The first-order valence-electron chi connectivity index (χ1n) is 4.13. The van der Waals surface area contributed by atoms with Crippen molar-refractivity contribution in [1.29, 1.82) is 0 Å². The third-order valence-electron chi connectivity index (χ3n) is 1.49. The van der Waals surface area contributed by atoms with E-state index in [1.807, 2.05) is 0 Å². The standard InChI is InChI=1S/C6H6BrNO2S.C3H3NO/c7-5-1-3-6(4-2-5)11(8,9)10;1-2-4-5-3-1/h1-4H,(H2,8,9,10);1-3H. The monoisotopic (exact) mass is 304 g/mol. The summed E-state index contributed by atoms with van der Waals surface area (Å²) in [5.74, 6) is 0. The van der Waals surface area contributed by atoms with Crippen molar-refractivity contribution in [3.63, 3.8) is 0 Å². The Morgan fingerprint density at radius 1 is 1.25 bits per heavy atom. The second kappa shape index (κ2) is 5.78. The van der Waals surface area contributed by atoms with Crippen molar-refractivity contribution in [3.8, 4) is 0 Å². The average Bonchev–Trinajstić information content (AvgIpc) is 2.74. The second-order valence-corrected chi connectivity index (χ2v) is 5.16. The lowest BCUT2D eigenvalue weighted by molar-refractivity contribution is 0.420. The predicted octanol–water partition coefficient (Wildman–Crippen LogP) is 1.77. The molecule has 0 radical (unpaired) electrons. The number of aromatic nitrogens is 1. The fourth-order valence-electron chi connectivity index (χ4n) is 0.800. The topological polar surface area (TPSA) is 86.2 Å². The van der Waals surface area contributed by atoms with Gasteiger partial charge in [0.05, 0.1) is 11.1 Å². The maximum absolute atomic E-state index is 10.7. The SMILES string of the molecule is NS(=O)(=O)c1ccc(Br)cc1.c1cnoc1. The van der Waals surface area contributed by atoms with E-state index >= 15 is 0 Å². The first-order chi connectivity index (χ1) is 7.50. The van der Waals surface area contributed by atoms with Gasteiger partial charge in [0.25, 0.3) is 0 Å². The Kier molecular flexibility index (Phi) is 4.66. The number of hydrogen-bond donors (Lipinski definition) is 1. The molecule has 1 heterocycles. The predicted molar refractivity (Wildman–Crippen MR) is 62.0 cm³/mol. The summed E-state index contributed by atoms with van der Waals surface area (Å²) in [6.07, 6.45) is 3.10. The minimum atomic E-state index is -3.54. The lowest BCUT2D eigenvalue weighted by atomic mass is 10.4. The molecule has 0 aliphatic carbocycles. The van der Waals surface area contributed by atoms with Crippen LogP contribution in [0.3, 0.4) is 0 Å².